The van der Waals surface area contributed by atoms with Gasteiger partial charge >= 0.3 is 0 Å². The van der Waals surface area contributed by atoms with Gasteiger partial charge in [0.15, 0.2) is 5.16 Å². The van der Waals surface area contributed by atoms with Gasteiger partial charge in [-0.25, -0.2) is 4.98 Å². The van der Waals surface area contributed by atoms with E-state index in [1.807, 2.05) is 25.1 Å². The van der Waals surface area contributed by atoms with E-state index in [9.17, 15) is 9.59 Å². The molecule has 1 aromatic carbocycles. The molecule has 2 unspecified atom stereocenters. The summed E-state index contributed by atoms with van der Waals surface area (Å²) < 4.78 is 7.41. The average molecular weight is 418 g/mol. The van der Waals surface area contributed by atoms with Crippen molar-refractivity contribution in [2.75, 3.05) is 12.4 Å². The molecule has 0 radical (unpaired) electrons. The Bertz CT molecular complexity index is 877. The molecule has 0 saturated carbocycles. The summed E-state index contributed by atoms with van der Waals surface area (Å²) in [6, 6.07) is 7.52. The number of nitrogens with one attached hydrogen (secondary N) is 1. The normalized spacial score (nSPS) is 17.5. The number of ether oxygens (including phenoxy) is 1. The van der Waals surface area contributed by atoms with E-state index in [0.29, 0.717) is 22.6 Å². The molecule has 7 heteroatoms. The summed E-state index contributed by atoms with van der Waals surface area (Å²) in [5.74, 6) is 0.221. The molecule has 1 saturated heterocycles. The molecule has 0 aliphatic carbocycles. The maximum Gasteiger partial charge on any atom is 0.262 e. The summed E-state index contributed by atoms with van der Waals surface area (Å²) >= 11 is 1.32. The summed E-state index contributed by atoms with van der Waals surface area (Å²) in [6.07, 6.45) is 6.46. The monoisotopic (exact) mass is 417 g/mol. The van der Waals surface area contributed by atoms with E-state index in [2.05, 4.69) is 17.2 Å². The van der Waals surface area contributed by atoms with E-state index in [1.54, 1.807) is 10.6 Å². The van der Waals surface area contributed by atoms with Gasteiger partial charge in [-0.3, -0.25) is 14.2 Å². The third-order valence-corrected chi connectivity index (χ3v) is 6.19. The van der Waals surface area contributed by atoms with Crippen LogP contribution < -0.4 is 10.9 Å². The van der Waals surface area contributed by atoms with E-state index in [1.165, 1.54) is 24.6 Å². The molecule has 2 atom stereocenters. The van der Waals surface area contributed by atoms with Crippen molar-refractivity contribution >= 4 is 28.6 Å². The zero-order valence-electron chi connectivity index (χ0n) is 17.4. The van der Waals surface area contributed by atoms with Crippen LogP contribution in [0.15, 0.2) is 34.2 Å². The van der Waals surface area contributed by atoms with E-state index in [4.69, 9.17) is 4.74 Å². The predicted molar refractivity (Wildman–Crippen MR) is 117 cm³/mol. The van der Waals surface area contributed by atoms with Crippen molar-refractivity contribution in [3.63, 3.8) is 0 Å². The number of nitrogens with zero attached hydrogens (tertiary/aromatic N) is 2. The van der Waals surface area contributed by atoms with E-state index in [-0.39, 0.29) is 29.4 Å². The molecular weight excluding hydrogens is 386 g/mol. The Morgan fingerprint density at radius 1 is 1.38 bits per heavy atom. The van der Waals surface area contributed by atoms with Crippen LogP contribution >= 0.6 is 11.8 Å². The number of amides is 1. The zero-order valence-corrected chi connectivity index (χ0v) is 18.2. The number of unbranched alkanes of at least 4 members (excludes halogenated alkanes) is 2. The highest BCUT2D eigenvalue weighted by molar-refractivity contribution is 7.99. The molecule has 1 aromatic heterocycles. The topological polar surface area (TPSA) is 73.2 Å². The highest BCUT2D eigenvalue weighted by Gasteiger charge is 2.20. The van der Waals surface area contributed by atoms with Gasteiger partial charge < -0.3 is 10.1 Å². The molecule has 0 spiro atoms. The maximum atomic E-state index is 13.1. The number of thioether (sulfide) groups is 1. The fourth-order valence-electron chi connectivity index (χ4n) is 3.63. The van der Waals surface area contributed by atoms with Crippen LogP contribution in [0.1, 0.15) is 52.4 Å². The second-order valence-corrected chi connectivity index (χ2v) is 8.66. The Hall–Kier alpha value is -1.86. The minimum atomic E-state index is -0.0676. The van der Waals surface area contributed by atoms with Crippen LogP contribution in [0.4, 0.5) is 0 Å². The number of carbonyl (C=O) groups is 1. The van der Waals surface area contributed by atoms with Gasteiger partial charge in [-0.1, -0.05) is 50.1 Å². The van der Waals surface area contributed by atoms with Gasteiger partial charge in [0.1, 0.15) is 0 Å². The van der Waals surface area contributed by atoms with E-state index >= 15 is 0 Å². The van der Waals surface area contributed by atoms with Crippen molar-refractivity contribution in [1.82, 2.24) is 14.9 Å². The number of aromatic nitrogens is 2. The van der Waals surface area contributed by atoms with Gasteiger partial charge in [0.05, 0.1) is 29.3 Å². The first-order chi connectivity index (χ1) is 14.1. The third kappa shape index (κ3) is 6.06. The standard InChI is InChI=1S/C22H31N3O3S/c1-3-4-5-9-16(2)23-20(26)15-29-22-24-19-12-7-6-11-18(19)21(27)25(22)14-17-10-8-13-28-17/h6-7,11-12,16-17H,3-5,8-10,13-15H2,1-2H3,(H,23,26). The molecule has 1 aliphatic rings. The summed E-state index contributed by atoms with van der Waals surface area (Å²) in [7, 11) is 0. The van der Waals surface area contributed by atoms with Crippen LogP contribution in [-0.4, -0.2) is 40.0 Å². The second-order valence-electron chi connectivity index (χ2n) is 7.72. The molecule has 1 amide bonds. The van der Waals surface area contributed by atoms with Crippen molar-refractivity contribution < 1.29 is 9.53 Å². The zero-order chi connectivity index (χ0) is 20.6. The fraction of sp³-hybridized carbons (Fsp3) is 0.591. The van der Waals surface area contributed by atoms with Crippen molar-refractivity contribution in [3.8, 4) is 0 Å². The van der Waals surface area contributed by atoms with Crippen molar-refractivity contribution in [3.05, 3.63) is 34.6 Å². The number of para-hydroxylation sites is 1. The molecule has 158 valence electrons. The Labute approximate surface area is 176 Å². The Morgan fingerprint density at radius 3 is 2.97 bits per heavy atom. The molecule has 2 aromatic rings. The highest BCUT2D eigenvalue weighted by Crippen LogP contribution is 2.21. The SMILES string of the molecule is CCCCCC(C)NC(=O)CSc1nc2ccccc2c(=O)n1CC1CCCO1. The number of carbonyl (C=O) groups excluding carboxylic acids is 1. The first kappa shape index (κ1) is 21.8. The molecule has 6 nitrogen and oxygen atoms in total. The summed E-state index contributed by atoms with van der Waals surface area (Å²) in [4.78, 5) is 30.1. The Kier molecular flexibility index (Phi) is 8.12. The third-order valence-electron chi connectivity index (χ3n) is 5.22. The van der Waals surface area contributed by atoms with E-state index in [0.717, 1.165) is 32.3 Å². The lowest BCUT2D eigenvalue weighted by molar-refractivity contribution is -0.119. The summed E-state index contributed by atoms with van der Waals surface area (Å²) in [5, 5.41) is 4.24. The Balaban J connectivity index is 1.71. The smallest absolute Gasteiger partial charge is 0.262 e. The summed E-state index contributed by atoms with van der Waals surface area (Å²) in [5.41, 5.74) is 0.596. The van der Waals surface area contributed by atoms with Crippen LogP contribution in [0.3, 0.4) is 0 Å². The van der Waals surface area contributed by atoms with Crippen LogP contribution in [0, 0.1) is 0 Å². The van der Waals surface area contributed by atoms with Gasteiger partial charge in [0.25, 0.3) is 5.56 Å². The molecule has 2 heterocycles. The molecule has 1 fully saturated rings. The van der Waals surface area contributed by atoms with Crippen molar-refractivity contribution in [2.24, 2.45) is 0 Å². The molecule has 1 aliphatic heterocycles. The molecule has 1 N–H and O–H groups in total. The minimum absolute atomic E-state index is 0.0231. The fourth-order valence-corrected chi connectivity index (χ4v) is 4.45. The van der Waals surface area contributed by atoms with Crippen LogP contribution in [0.2, 0.25) is 0 Å². The Morgan fingerprint density at radius 2 is 2.21 bits per heavy atom. The number of rotatable bonds is 10. The van der Waals surface area contributed by atoms with Gasteiger partial charge in [-0.2, -0.15) is 0 Å². The second kappa shape index (κ2) is 10.8. The number of fused-ring (bicyclic) bond motifs is 1. The molecule has 29 heavy (non-hydrogen) atoms. The van der Waals surface area contributed by atoms with Gasteiger partial charge in [-0.05, 0) is 38.3 Å². The molecule has 0 bridgehead atoms. The highest BCUT2D eigenvalue weighted by atomic mass is 32.2. The van der Waals surface area contributed by atoms with Crippen LogP contribution in [-0.2, 0) is 16.1 Å². The number of benzene rings is 1. The molecule has 3 rings (SSSR count). The lowest BCUT2D eigenvalue weighted by atomic mass is 10.1. The quantitative estimate of drug-likeness (QED) is 0.362. The lowest BCUT2D eigenvalue weighted by Gasteiger charge is -2.17. The van der Waals surface area contributed by atoms with Gasteiger partial charge in [-0.15, -0.1) is 0 Å². The molecular formula is C22H31N3O3S. The largest absolute Gasteiger partial charge is 0.376 e. The first-order valence-electron chi connectivity index (χ1n) is 10.6. The van der Waals surface area contributed by atoms with E-state index < -0.39 is 0 Å². The van der Waals surface area contributed by atoms with Gasteiger partial charge in [0.2, 0.25) is 5.91 Å². The predicted octanol–water partition coefficient (Wildman–Crippen LogP) is 3.75. The van der Waals surface area contributed by atoms with Crippen LogP contribution in [0.25, 0.3) is 10.9 Å². The van der Waals surface area contributed by atoms with Crippen molar-refractivity contribution in [1.29, 1.82) is 0 Å². The van der Waals surface area contributed by atoms with Crippen LogP contribution in [0.5, 0.6) is 0 Å². The summed E-state index contributed by atoms with van der Waals surface area (Å²) in [6.45, 7) is 5.43. The lowest BCUT2D eigenvalue weighted by Crippen LogP contribution is -2.34. The minimum Gasteiger partial charge on any atom is -0.376 e. The number of hydrogen-bond donors (Lipinski definition) is 1. The average Bonchev–Trinajstić information content (AvgIpc) is 3.22. The first-order valence-corrected chi connectivity index (χ1v) is 11.6. The van der Waals surface area contributed by atoms with Crippen molar-refractivity contribution in [2.45, 2.75) is 76.2 Å². The maximum absolute atomic E-state index is 13.1. The number of hydrogen-bond acceptors (Lipinski definition) is 5. The van der Waals surface area contributed by atoms with Gasteiger partial charge in [0, 0.05) is 12.6 Å².